The van der Waals surface area contributed by atoms with E-state index < -0.39 is 0 Å². The Morgan fingerprint density at radius 2 is 2.25 bits per heavy atom. The number of thioether (sulfide) groups is 1. The maximum Gasteiger partial charge on any atom is 0.0687 e. The molecule has 2 atom stereocenters. The summed E-state index contributed by atoms with van der Waals surface area (Å²) in [5.41, 5.74) is 0. The van der Waals surface area contributed by atoms with Crippen LogP contribution in [0.15, 0.2) is 4.99 Å². The van der Waals surface area contributed by atoms with E-state index in [4.69, 9.17) is 0 Å². The lowest BCUT2D eigenvalue weighted by Gasteiger charge is -2.02. The second kappa shape index (κ2) is 2.09. The molecule has 0 aliphatic carbocycles. The largest absolute Gasteiger partial charge is 0.279 e. The van der Waals surface area contributed by atoms with E-state index in [1.807, 2.05) is 0 Å². The van der Waals surface area contributed by atoms with Crippen molar-refractivity contribution >= 4 is 16.8 Å². The van der Waals surface area contributed by atoms with Crippen molar-refractivity contribution in [2.45, 2.75) is 25.1 Å². The fourth-order valence-electron chi connectivity index (χ4n) is 0.676. The summed E-state index contributed by atoms with van der Waals surface area (Å²) in [5.74, 6) is 0. The molecule has 0 aromatic rings. The van der Waals surface area contributed by atoms with Gasteiger partial charge in [0.25, 0.3) is 0 Å². The van der Waals surface area contributed by atoms with Crippen LogP contribution in [0.1, 0.15) is 13.8 Å². The van der Waals surface area contributed by atoms with Crippen LogP contribution in [0.2, 0.25) is 0 Å². The zero-order chi connectivity index (χ0) is 6.15. The molecular weight excluding hydrogens is 118 g/mol. The Labute approximate surface area is 54.6 Å². The Balaban J connectivity index is 2.56. The van der Waals surface area contributed by atoms with Crippen LogP contribution in [0.4, 0.5) is 0 Å². The van der Waals surface area contributed by atoms with Crippen molar-refractivity contribution in [3.8, 4) is 0 Å². The molecule has 1 aliphatic heterocycles. The van der Waals surface area contributed by atoms with Crippen molar-refractivity contribution in [1.29, 1.82) is 0 Å². The quantitative estimate of drug-likeness (QED) is 0.484. The Kier molecular flexibility index (Phi) is 1.61. The molecule has 1 heterocycles. The van der Waals surface area contributed by atoms with E-state index in [0.717, 1.165) is 5.04 Å². The number of hydrogen-bond acceptors (Lipinski definition) is 2. The molecule has 8 heavy (non-hydrogen) atoms. The first-order chi connectivity index (χ1) is 3.70. The monoisotopic (exact) mass is 128 g/mol. The van der Waals surface area contributed by atoms with Gasteiger partial charge in [-0.25, -0.2) is 0 Å². The van der Waals surface area contributed by atoms with E-state index in [0.29, 0.717) is 11.3 Å². The van der Waals surface area contributed by atoms with Gasteiger partial charge < -0.3 is 0 Å². The fraction of sp³-hybridized carbons (Fsp3) is 0.667. The lowest BCUT2D eigenvalue weighted by atomic mass is 10.3. The van der Waals surface area contributed by atoms with Gasteiger partial charge in [-0.15, -0.1) is 11.8 Å². The highest BCUT2D eigenvalue weighted by molar-refractivity contribution is 8.15. The SMILES string of the molecule is [CH2]C1=NC(C)C(C)S1. The number of nitrogens with zero attached hydrogens (tertiary/aromatic N) is 1. The molecule has 0 aromatic heterocycles. The first-order valence-corrected chi connectivity index (χ1v) is 3.64. The van der Waals surface area contributed by atoms with Crippen molar-refractivity contribution < 1.29 is 0 Å². The number of hydrogen-bond donors (Lipinski definition) is 0. The fourth-order valence-corrected chi connectivity index (χ4v) is 1.59. The van der Waals surface area contributed by atoms with Crippen molar-refractivity contribution in [3.05, 3.63) is 6.92 Å². The summed E-state index contributed by atoms with van der Waals surface area (Å²) >= 11 is 1.77. The maximum absolute atomic E-state index is 4.24. The summed E-state index contributed by atoms with van der Waals surface area (Å²) in [7, 11) is 0. The highest BCUT2D eigenvalue weighted by Crippen LogP contribution is 2.25. The molecule has 45 valence electrons. The molecule has 2 heteroatoms. The molecule has 1 nitrogen and oxygen atoms in total. The second-order valence-electron chi connectivity index (χ2n) is 2.09. The minimum atomic E-state index is 0.479. The van der Waals surface area contributed by atoms with Crippen molar-refractivity contribution in [2.75, 3.05) is 0 Å². The summed E-state index contributed by atoms with van der Waals surface area (Å²) in [6.45, 7) is 8.05. The Morgan fingerprint density at radius 3 is 2.38 bits per heavy atom. The van der Waals surface area contributed by atoms with Crippen LogP contribution in [0, 0.1) is 6.92 Å². The van der Waals surface area contributed by atoms with Crippen LogP contribution in [0.25, 0.3) is 0 Å². The summed E-state index contributed by atoms with van der Waals surface area (Å²) in [6.07, 6.45) is 0. The Hall–Kier alpha value is 0.0200. The molecule has 1 radical (unpaired) electrons. The normalized spacial score (nSPS) is 37.6. The highest BCUT2D eigenvalue weighted by atomic mass is 32.2. The molecule has 2 unspecified atom stereocenters. The smallest absolute Gasteiger partial charge is 0.0687 e. The number of aliphatic imine (C=N–C) groups is 1. The number of rotatable bonds is 0. The van der Waals surface area contributed by atoms with Gasteiger partial charge in [-0.1, -0.05) is 6.92 Å². The van der Waals surface area contributed by atoms with Gasteiger partial charge in [0.1, 0.15) is 0 Å². The van der Waals surface area contributed by atoms with E-state index in [1.165, 1.54) is 0 Å². The highest BCUT2D eigenvalue weighted by Gasteiger charge is 2.18. The van der Waals surface area contributed by atoms with Crippen LogP contribution in [-0.2, 0) is 0 Å². The Morgan fingerprint density at radius 1 is 1.62 bits per heavy atom. The molecular formula is C6H10NS. The molecule has 0 saturated heterocycles. The van der Waals surface area contributed by atoms with E-state index >= 15 is 0 Å². The molecule has 0 amide bonds. The Bertz CT molecular complexity index is 120. The topological polar surface area (TPSA) is 12.4 Å². The first-order valence-electron chi connectivity index (χ1n) is 2.76. The lowest BCUT2D eigenvalue weighted by Crippen LogP contribution is -2.07. The second-order valence-corrected chi connectivity index (χ2v) is 3.54. The van der Waals surface area contributed by atoms with Crippen LogP contribution in [0.5, 0.6) is 0 Å². The average Bonchev–Trinajstić information content (AvgIpc) is 1.85. The van der Waals surface area contributed by atoms with Crippen LogP contribution < -0.4 is 0 Å². The van der Waals surface area contributed by atoms with Crippen molar-refractivity contribution in [2.24, 2.45) is 4.99 Å². The third-order valence-electron chi connectivity index (χ3n) is 1.35. The van der Waals surface area contributed by atoms with Crippen LogP contribution in [-0.4, -0.2) is 16.3 Å². The van der Waals surface area contributed by atoms with Gasteiger partial charge >= 0.3 is 0 Å². The van der Waals surface area contributed by atoms with Gasteiger partial charge in [0, 0.05) is 12.2 Å². The maximum atomic E-state index is 4.24. The molecule has 1 rings (SSSR count). The van der Waals surface area contributed by atoms with Crippen molar-refractivity contribution in [3.63, 3.8) is 0 Å². The van der Waals surface area contributed by atoms with Gasteiger partial charge in [-0.3, -0.25) is 4.99 Å². The lowest BCUT2D eigenvalue weighted by molar-refractivity contribution is 0.749. The van der Waals surface area contributed by atoms with Gasteiger partial charge in [0.2, 0.25) is 0 Å². The van der Waals surface area contributed by atoms with Gasteiger partial charge in [0.05, 0.1) is 11.1 Å². The first kappa shape index (κ1) is 6.14. The van der Waals surface area contributed by atoms with E-state index in [-0.39, 0.29) is 0 Å². The molecule has 0 saturated carbocycles. The van der Waals surface area contributed by atoms with Crippen LogP contribution >= 0.6 is 11.8 Å². The van der Waals surface area contributed by atoms with Gasteiger partial charge in [-0.2, -0.15) is 0 Å². The predicted octanol–water partition coefficient (Wildman–Crippen LogP) is 1.74. The molecule has 0 fully saturated rings. The standard InChI is InChI=1S/C6H10NS/c1-4-5(2)8-6(3)7-4/h4-5H,3H2,1-2H3. The summed E-state index contributed by atoms with van der Waals surface area (Å²) in [6, 6.07) is 0.479. The summed E-state index contributed by atoms with van der Waals surface area (Å²) < 4.78 is 0. The minimum Gasteiger partial charge on any atom is -0.279 e. The molecule has 0 aromatic carbocycles. The van der Waals surface area contributed by atoms with E-state index in [2.05, 4.69) is 25.8 Å². The molecule has 0 bridgehead atoms. The van der Waals surface area contributed by atoms with E-state index in [9.17, 15) is 0 Å². The minimum absolute atomic E-state index is 0.479. The van der Waals surface area contributed by atoms with Crippen LogP contribution in [0.3, 0.4) is 0 Å². The van der Waals surface area contributed by atoms with Gasteiger partial charge in [0.15, 0.2) is 0 Å². The zero-order valence-electron chi connectivity index (χ0n) is 5.22. The third kappa shape index (κ3) is 1.05. The molecule has 1 aliphatic rings. The summed E-state index contributed by atoms with van der Waals surface area (Å²) in [5, 5.41) is 1.63. The average molecular weight is 128 g/mol. The van der Waals surface area contributed by atoms with Crippen molar-refractivity contribution in [1.82, 2.24) is 0 Å². The van der Waals surface area contributed by atoms with E-state index in [1.54, 1.807) is 11.8 Å². The van der Waals surface area contributed by atoms with Gasteiger partial charge in [-0.05, 0) is 6.92 Å². The summed E-state index contributed by atoms with van der Waals surface area (Å²) in [4.78, 5) is 4.24. The molecule has 0 N–H and O–H groups in total. The molecule has 0 spiro atoms. The zero-order valence-corrected chi connectivity index (χ0v) is 6.03. The predicted molar refractivity (Wildman–Crippen MR) is 39.3 cm³/mol. The third-order valence-corrected chi connectivity index (χ3v) is 2.49.